The standard InChI is InChI=1S/C11H15ClN4/c1-16(11-14-5-8(12)6-15-11)10-3-7-2-9(10)13-4-7/h5-7,9-10,13H,2-4H2,1H3/t7-,9-,10+/m0/s1. The minimum absolute atomic E-state index is 0.528. The first kappa shape index (κ1) is 10.3. The van der Waals surface area contributed by atoms with E-state index in [2.05, 4.69) is 27.2 Å². The van der Waals surface area contributed by atoms with Crippen molar-refractivity contribution < 1.29 is 0 Å². The average Bonchev–Trinajstić information content (AvgIpc) is 2.91. The SMILES string of the molecule is CN(c1ncc(Cl)cn1)[C@@H]1C[C@H]2CN[C@H]1C2. The number of hydrogen-bond acceptors (Lipinski definition) is 4. The molecule has 0 unspecified atom stereocenters. The number of anilines is 1. The molecule has 16 heavy (non-hydrogen) atoms. The van der Waals surface area contributed by atoms with Crippen molar-refractivity contribution in [3.05, 3.63) is 17.4 Å². The summed E-state index contributed by atoms with van der Waals surface area (Å²) >= 11 is 5.78. The molecule has 0 aromatic carbocycles. The van der Waals surface area contributed by atoms with Gasteiger partial charge in [0.05, 0.1) is 17.4 Å². The molecule has 0 spiro atoms. The number of aromatic nitrogens is 2. The number of rotatable bonds is 2. The van der Waals surface area contributed by atoms with Crippen LogP contribution in [0.25, 0.3) is 0 Å². The van der Waals surface area contributed by atoms with Crippen LogP contribution >= 0.6 is 11.6 Å². The zero-order chi connectivity index (χ0) is 11.1. The first-order valence-corrected chi connectivity index (χ1v) is 6.05. The highest BCUT2D eigenvalue weighted by Crippen LogP contribution is 2.34. The molecule has 5 heteroatoms. The van der Waals surface area contributed by atoms with Gasteiger partial charge in [0.15, 0.2) is 0 Å². The Kier molecular flexibility index (Phi) is 2.48. The highest BCUT2D eigenvalue weighted by Gasteiger charge is 2.41. The van der Waals surface area contributed by atoms with E-state index in [1.807, 2.05) is 0 Å². The maximum Gasteiger partial charge on any atom is 0.225 e. The number of fused-ring (bicyclic) bond motifs is 2. The molecule has 2 heterocycles. The molecule has 3 atom stereocenters. The summed E-state index contributed by atoms with van der Waals surface area (Å²) < 4.78 is 0. The molecular weight excluding hydrogens is 224 g/mol. The first-order valence-electron chi connectivity index (χ1n) is 5.68. The molecule has 0 amide bonds. The molecule has 4 nitrogen and oxygen atoms in total. The Morgan fingerprint density at radius 1 is 1.38 bits per heavy atom. The summed E-state index contributed by atoms with van der Waals surface area (Å²) in [5.74, 6) is 1.61. The molecule has 0 radical (unpaired) electrons. The molecule has 3 rings (SSSR count). The minimum Gasteiger partial charge on any atom is -0.339 e. The van der Waals surface area contributed by atoms with Crippen LogP contribution < -0.4 is 10.2 Å². The Morgan fingerprint density at radius 2 is 2.12 bits per heavy atom. The van der Waals surface area contributed by atoms with Crippen LogP contribution in [0.3, 0.4) is 0 Å². The number of likely N-dealkylation sites (N-methyl/N-ethyl adjacent to an activating group) is 1. The lowest BCUT2D eigenvalue weighted by atomic mass is 10.1. The van der Waals surface area contributed by atoms with Gasteiger partial charge in [-0.15, -0.1) is 0 Å². The van der Waals surface area contributed by atoms with Crippen LogP contribution in [0.1, 0.15) is 12.8 Å². The summed E-state index contributed by atoms with van der Waals surface area (Å²) in [6.45, 7) is 1.18. The van der Waals surface area contributed by atoms with E-state index in [0.29, 0.717) is 17.1 Å². The number of hydrogen-bond donors (Lipinski definition) is 1. The number of piperidine rings is 1. The van der Waals surface area contributed by atoms with Gasteiger partial charge in [-0.2, -0.15) is 0 Å². The van der Waals surface area contributed by atoms with Gasteiger partial charge in [0.2, 0.25) is 5.95 Å². The van der Waals surface area contributed by atoms with Crippen molar-refractivity contribution in [3.63, 3.8) is 0 Å². The Morgan fingerprint density at radius 3 is 2.69 bits per heavy atom. The van der Waals surface area contributed by atoms with Gasteiger partial charge in [0, 0.05) is 19.1 Å². The average molecular weight is 239 g/mol. The predicted octanol–water partition coefficient (Wildman–Crippen LogP) is 1.32. The molecule has 1 aromatic rings. The largest absolute Gasteiger partial charge is 0.339 e. The third-order valence-corrected chi connectivity index (χ3v) is 3.91. The Hall–Kier alpha value is -0.870. The summed E-state index contributed by atoms with van der Waals surface area (Å²) in [7, 11) is 2.07. The fourth-order valence-electron chi connectivity index (χ4n) is 2.89. The van der Waals surface area contributed by atoms with E-state index in [4.69, 9.17) is 11.6 Å². The third-order valence-electron chi connectivity index (χ3n) is 3.71. The van der Waals surface area contributed by atoms with Gasteiger partial charge in [-0.25, -0.2) is 9.97 Å². The number of halogens is 1. The number of nitrogens with one attached hydrogen (secondary N) is 1. The third kappa shape index (κ3) is 1.66. The first-order chi connectivity index (χ1) is 7.74. The van der Waals surface area contributed by atoms with Crippen LogP contribution in [-0.4, -0.2) is 35.6 Å². The van der Waals surface area contributed by atoms with Crippen LogP contribution in [0.5, 0.6) is 0 Å². The maximum atomic E-state index is 5.78. The predicted molar refractivity (Wildman–Crippen MR) is 63.7 cm³/mol. The summed E-state index contributed by atoms with van der Waals surface area (Å²) in [6, 6.07) is 1.13. The van der Waals surface area contributed by atoms with Crippen LogP contribution in [0.2, 0.25) is 5.02 Å². The second kappa shape index (κ2) is 3.86. The molecule has 2 fully saturated rings. The van der Waals surface area contributed by atoms with Crippen molar-refractivity contribution in [1.82, 2.24) is 15.3 Å². The van der Waals surface area contributed by atoms with E-state index in [0.717, 1.165) is 11.9 Å². The van der Waals surface area contributed by atoms with E-state index in [9.17, 15) is 0 Å². The molecule has 1 aliphatic carbocycles. The lowest BCUT2D eigenvalue weighted by Crippen LogP contribution is -2.47. The molecule has 1 saturated heterocycles. The molecule has 2 aliphatic rings. The van der Waals surface area contributed by atoms with Crippen LogP contribution in [0, 0.1) is 5.92 Å². The molecule has 1 saturated carbocycles. The second-order valence-electron chi connectivity index (χ2n) is 4.73. The van der Waals surface area contributed by atoms with Crippen molar-refractivity contribution in [3.8, 4) is 0 Å². The fourth-order valence-corrected chi connectivity index (χ4v) is 2.98. The number of nitrogens with zero attached hydrogens (tertiary/aromatic N) is 3. The summed E-state index contributed by atoms with van der Waals surface area (Å²) in [5.41, 5.74) is 0. The van der Waals surface area contributed by atoms with E-state index < -0.39 is 0 Å². The van der Waals surface area contributed by atoms with Gasteiger partial charge >= 0.3 is 0 Å². The molecule has 1 N–H and O–H groups in total. The highest BCUT2D eigenvalue weighted by atomic mass is 35.5. The normalized spacial score (nSPS) is 32.0. The van der Waals surface area contributed by atoms with Crippen LogP contribution in [-0.2, 0) is 0 Å². The molecular formula is C11H15ClN4. The summed E-state index contributed by atoms with van der Waals surface area (Å²) in [5, 5.41) is 4.13. The van der Waals surface area contributed by atoms with Crippen LogP contribution in [0.4, 0.5) is 5.95 Å². The topological polar surface area (TPSA) is 41.1 Å². The summed E-state index contributed by atoms with van der Waals surface area (Å²) in [4.78, 5) is 10.7. The Bertz CT molecular complexity index is 380. The molecule has 1 aliphatic heterocycles. The van der Waals surface area contributed by atoms with Gasteiger partial charge in [0.25, 0.3) is 0 Å². The van der Waals surface area contributed by atoms with Crippen LogP contribution in [0.15, 0.2) is 12.4 Å². The molecule has 86 valence electrons. The van der Waals surface area contributed by atoms with Gasteiger partial charge in [-0.3, -0.25) is 0 Å². The Labute approximate surface area is 100 Å². The highest BCUT2D eigenvalue weighted by molar-refractivity contribution is 6.30. The smallest absolute Gasteiger partial charge is 0.225 e. The van der Waals surface area contributed by atoms with Gasteiger partial charge < -0.3 is 10.2 Å². The van der Waals surface area contributed by atoms with E-state index in [1.165, 1.54) is 19.4 Å². The van der Waals surface area contributed by atoms with Crippen molar-refractivity contribution in [1.29, 1.82) is 0 Å². The van der Waals surface area contributed by atoms with E-state index in [1.54, 1.807) is 12.4 Å². The van der Waals surface area contributed by atoms with Crippen molar-refractivity contribution >= 4 is 17.5 Å². The quantitative estimate of drug-likeness (QED) is 0.844. The Balaban J connectivity index is 1.77. The monoisotopic (exact) mass is 238 g/mol. The van der Waals surface area contributed by atoms with Crippen molar-refractivity contribution in [2.75, 3.05) is 18.5 Å². The van der Waals surface area contributed by atoms with Crippen molar-refractivity contribution in [2.24, 2.45) is 5.92 Å². The van der Waals surface area contributed by atoms with Gasteiger partial charge in [0.1, 0.15) is 0 Å². The summed E-state index contributed by atoms with van der Waals surface area (Å²) in [6.07, 6.45) is 5.85. The fraction of sp³-hybridized carbons (Fsp3) is 0.636. The lowest BCUT2D eigenvalue weighted by molar-refractivity contribution is 0.429. The zero-order valence-electron chi connectivity index (χ0n) is 9.23. The minimum atomic E-state index is 0.528. The molecule has 1 aromatic heterocycles. The second-order valence-corrected chi connectivity index (χ2v) is 5.17. The zero-order valence-corrected chi connectivity index (χ0v) is 9.98. The molecule has 2 bridgehead atoms. The maximum absolute atomic E-state index is 5.78. The van der Waals surface area contributed by atoms with E-state index >= 15 is 0 Å². The van der Waals surface area contributed by atoms with Gasteiger partial charge in [-0.05, 0) is 25.3 Å². The van der Waals surface area contributed by atoms with E-state index in [-0.39, 0.29) is 0 Å². The lowest BCUT2D eigenvalue weighted by Gasteiger charge is -2.31. The van der Waals surface area contributed by atoms with Gasteiger partial charge in [-0.1, -0.05) is 11.6 Å². The van der Waals surface area contributed by atoms with Crippen molar-refractivity contribution in [2.45, 2.75) is 24.9 Å².